The van der Waals surface area contributed by atoms with Crippen LogP contribution in [-0.4, -0.2) is 23.1 Å². The Morgan fingerprint density at radius 3 is 2.50 bits per heavy atom. The van der Waals surface area contributed by atoms with Crippen molar-refractivity contribution < 1.29 is 0 Å². The number of rotatable bonds is 1. The summed E-state index contributed by atoms with van der Waals surface area (Å²) >= 11 is 0. The predicted molar refractivity (Wildman–Crippen MR) is 66.5 cm³/mol. The monoisotopic (exact) mass is 219 g/mol. The van der Waals surface area contributed by atoms with Gasteiger partial charge in [-0.3, -0.25) is 0 Å². The average Bonchev–Trinajstić information content (AvgIpc) is 2.23. The molecule has 1 aromatic rings. The maximum Gasteiger partial charge on any atom is 0.225 e. The van der Waals surface area contributed by atoms with Gasteiger partial charge in [0.2, 0.25) is 5.95 Å². The maximum absolute atomic E-state index is 4.41. The Morgan fingerprint density at radius 2 is 1.94 bits per heavy atom. The van der Waals surface area contributed by atoms with Crippen molar-refractivity contribution in [1.29, 1.82) is 0 Å². The quantitative estimate of drug-likeness (QED) is 0.727. The van der Waals surface area contributed by atoms with E-state index < -0.39 is 0 Å². The summed E-state index contributed by atoms with van der Waals surface area (Å²) in [5.74, 6) is 1.65. The molecule has 1 atom stereocenters. The van der Waals surface area contributed by atoms with E-state index in [9.17, 15) is 0 Å². The number of aromatic nitrogens is 2. The minimum absolute atomic E-state index is 0.354. The Hall–Kier alpha value is -1.12. The number of piperidine rings is 1. The minimum atomic E-state index is 0.354. The predicted octanol–water partition coefficient (Wildman–Crippen LogP) is 2.66. The van der Waals surface area contributed by atoms with Gasteiger partial charge in [0, 0.05) is 25.5 Å². The first-order valence-corrected chi connectivity index (χ1v) is 6.02. The molecule has 1 saturated heterocycles. The third kappa shape index (κ3) is 2.18. The molecule has 1 aromatic heterocycles. The molecule has 0 unspecified atom stereocenters. The number of aryl methyl sites for hydroxylation is 1. The number of anilines is 1. The summed E-state index contributed by atoms with van der Waals surface area (Å²) in [5.41, 5.74) is 1.47. The summed E-state index contributed by atoms with van der Waals surface area (Å²) in [6, 6.07) is 0. The lowest BCUT2D eigenvalue weighted by Crippen LogP contribution is -2.45. The van der Waals surface area contributed by atoms with Crippen molar-refractivity contribution in [2.75, 3.05) is 18.0 Å². The van der Waals surface area contributed by atoms with E-state index in [2.05, 4.69) is 35.6 Å². The lowest BCUT2D eigenvalue weighted by molar-refractivity contribution is 0.192. The van der Waals surface area contributed by atoms with Gasteiger partial charge in [-0.25, -0.2) is 9.97 Å². The van der Waals surface area contributed by atoms with E-state index in [1.165, 1.54) is 6.42 Å². The van der Waals surface area contributed by atoms with Crippen LogP contribution in [0.1, 0.15) is 32.8 Å². The molecular formula is C13H21N3. The Balaban J connectivity index is 2.14. The fourth-order valence-corrected chi connectivity index (χ4v) is 2.19. The molecule has 2 heterocycles. The minimum Gasteiger partial charge on any atom is -0.340 e. The van der Waals surface area contributed by atoms with Crippen molar-refractivity contribution in [2.45, 2.75) is 34.1 Å². The second kappa shape index (κ2) is 4.04. The second-order valence-corrected chi connectivity index (χ2v) is 5.66. The molecule has 0 radical (unpaired) electrons. The summed E-state index contributed by atoms with van der Waals surface area (Å²) in [6.45, 7) is 11.2. The zero-order valence-electron chi connectivity index (χ0n) is 10.7. The van der Waals surface area contributed by atoms with Gasteiger partial charge < -0.3 is 4.90 Å². The largest absolute Gasteiger partial charge is 0.340 e. The number of hydrogen-bond acceptors (Lipinski definition) is 3. The van der Waals surface area contributed by atoms with Gasteiger partial charge in [-0.05, 0) is 30.2 Å². The van der Waals surface area contributed by atoms with Crippen LogP contribution in [0.2, 0.25) is 0 Å². The third-order valence-corrected chi connectivity index (χ3v) is 3.81. The third-order valence-electron chi connectivity index (χ3n) is 3.81. The van der Waals surface area contributed by atoms with E-state index in [0.717, 1.165) is 30.5 Å². The highest BCUT2D eigenvalue weighted by Crippen LogP contribution is 2.35. The summed E-state index contributed by atoms with van der Waals surface area (Å²) in [5, 5.41) is 0. The molecule has 0 spiro atoms. The second-order valence-electron chi connectivity index (χ2n) is 5.66. The molecular weight excluding hydrogens is 198 g/mol. The van der Waals surface area contributed by atoms with Gasteiger partial charge in [0.25, 0.3) is 0 Å². The Morgan fingerprint density at radius 1 is 1.31 bits per heavy atom. The molecule has 0 saturated carbocycles. The number of hydrogen-bond donors (Lipinski definition) is 0. The lowest BCUT2D eigenvalue weighted by atomic mass is 9.75. The fraction of sp³-hybridized carbons (Fsp3) is 0.692. The average molecular weight is 219 g/mol. The molecule has 16 heavy (non-hydrogen) atoms. The van der Waals surface area contributed by atoms with E-state index in [1.54, 1.807) is 0 Å². The van der Waals surface area contributed by atoms with Crippen molar-refractivity contribution >= 4 is 5.95 Å². The van der Waals surface area contributed by atoms with E-state index in [4.69, 9.17) is 0 Å². The van der Waals surface area contributed by atoms with Gasteiger partial charge in [-0.15, -0.1) is 0 Å². The molecule has 3 heteroatoms. The van der Waals surface area contributed by atoms with Gasteiger partial charge in [0.05, 0.1) is 0 Å². The van der Waals surface area contributed by atoms with Crippen molar-refractivity contribution in [3.63, 3.8) is 0 Å². The van der Waals surface area contributed by atoms with Crippen LogP contribution in [0.4, 0.5) is 5.95 Å². The van der Waals surface area contributed by atoms with Gasteiger partial charge in [0.15, 0.2) is 0 Å². The molecule has 0 amide bonds. The molecule has 0 aliphatic carbocycles. The van der Waals surface area contributed by atoms with E-state index in [0.29, 0.717) is 5.41 Å². The first-order valence-electron chi connectivity index (χ1n) is 6.02. The first kappa shape index (κ1) is 11.4. The van der Waals surface area contributed by atoms with Gasteiger partial charge >= 0.3 is 0 Å². The summed E-state index contributed by atoms with van der Waals surface area (Å²) in [4.78, 5) is 11.1. The Kier molecular flexibility index (Phi) is 2.87. The summed E-state index contributed by atoms with van der Waals surface area (Å²) < 4.78 is 0. The van der Waals surface area contributed by atoms with Crippen LogP contribution in [0.5, 0.6) is 0 Å². The lowest BCUT2D eigenvalue weighted by Gasteiger charge is -2.42. The molecule has 1 fully saturated rings. The molecule has 1 aliphatic heterocycles. The van der Waals surface area contributed by atoms with Gasteiger partial charge in [-0.2, -0.15) is 0 Å². The van der Waals surface area contributed by atoms with E-state index in [1.807, 2.05) is 19.3 Å². The Labute approximate surface area is 97.9 Å². The van der Waals surface area contributed by atoms with E-state index in [-0.39, 0.29) is 0 Å². The van der Waals surface area contributed by atoms with Crippen LogP contribution in [0.25, 0.3) is 0 Å². The molecule has 0 aromatic carbocycles. The molecule has 88 valence electrons. The summed E-state index contributed by atoms with van der Waals surface area (Å²) in [6.07, 6.45) is 5.02. The van der Waals surface area contributed by atoms with Crippen molar-refractivity contribution in [3.8, 4) is 0 Å². The molecule has 3 nitrogen and oxygen atoms in total. The highest BCUT2D eigenvalue weighted by Gasteiger charge is 2.33. The van der Waals surface area contributed by atoms with E-state index >= 15 is 0 Å². The number of nitrogens with zero attached hydrogens (tertiary/aromatic N) is 3. The van der Waals surface area contributed by atoms with Crippen LogP contribution in [0.15, 0.2) is 12.4 Å². The van der Waals surface area contributed by atoms with Gasteiger partial charge in [-0.1, -0.05) is 20.8 Å². The standard InChI is InChI=1S/C13H21N3/c1-10-7-14-12(15-8-10)16-6-5-11(2)13(3,4)9-16/h7-8,11H,5-6,9H2,1-4H3/t11-/m1/s1. The zero-order chi connectivity index (χ0) is 11.8. The van der Waals surface area contributed by atoms with Crippen molar-refractivity contribution in [3.05, 3.63) is 18.0 Å². The normalized spacial score (nSPS) is 24.5. The van der Waals surface area contributed by atoms with Crippen molar-refractivity contribution in [1.82, 2.24) is 9.97 Å². The van der Waals surface area contributed by atoms with Crippen LogP contribution >= 0.6 is 0 Å². The summed E-state index contributed by atoms with van der Waals surface area (Å²) in [7, 11) is 0. The van der Waals surface area contributed by atoms with Crippen LogP contribution in [-0.2, 0) is 0 Å². The zero-order valence-corrected chi connectivity index (χ0v) is 10.7. The Bertz CT molecular complexity index is 356. The van der Waals surface area contributed by atoms with Crippen LogP contribution < -0.4 is 4.90 Å². The highest BCUT2D eigenvalue weighted by atomic mass is 15.3. The maximum atomic E-state index is 4.41. The van der Waals surface area contributed by atoms with Crippen LogP contribution in [0.3, 0.4) is 0 Å². The first-order chi connectivity index (χ1) is 7.49. The van der Waals surface area contributed by atoms with Crippen molar-refractivity contribution in [2.24, 2.45) is 11.3 Å². The molecule has 1 aliphatic rings. The molecule has 0 bridgehead atoms. The van der Waals surface area contributed by atoms with Crippen LogP contribution in [0, 0.1) is 18.3 Å². The molecule has 0 N–H and O–H groups in total. The highest BCUT2D eigenvalue weighted by molar-refractivity contribution is 5.31. The topological polar surface area (TPSA) is 29.0 Å². The fourth-order valence-electron chi connectivity index (χ4n) is 2.19. The molecule has 2 rings (SSSR count). The SMILES string of the molecule is Cc1cnc(N2CC[C@@H](C)C(C)(C)C2)nc1. The van der Waals surface area contributed by atoms with Gasteiger partial charge in [0.1, 0.15) is 0 Å². The smallest absolute Gasteiger partial charge is 0.225 e.